The number of benzene rings is 1. The SMILES string of the molecule is CCN(CC)c1nc(C)cc(C(=O)NCCc2ccccc2)n1. The number of anilines is 1. The van der Waals surface area contributed by atoms with Crippen molar-refractivity contribution >= 4 is 11.9 Å². The molecule has 1 heterocycles. The molecule has 1 aromatic carbocycles. The van der Waals surface area contributed by atoms with Crippen molar-refractivity contribution in [3.8, 4) is 0 Å². The molecule has 1 amide bonds. The maximum absolute atomic E-state index is 12.3. The van der Waals surface area contributed by atoms with Crippen molar-refractivity contribution in [2.45, 2.75) is 27.2 Å². The lowest BCUT2D eigenvalue weighted by atomic mass is 10.1. The lowest BCUT2D eigenvalue weighted by Gasteiger charge is -2.19. The summed E-state index contributed by atoms with van der Waals surface area (Å²) in [7, 11) is 0. The summed E-state index contributed by atoms with van der Waals surface area (Å²) in [5, 5.41) is 2.93. The number of nitrogens with one attached hydrogen (secondary N) is 1. The Balaban J connectivity index is 2.01. The molecular formula is C18H24N4O. The van der Waals surface area contributed by atoms with Gasteiger partial charge in [-0.3, -0.25) is 4.79 Å². The molecule has 0 atom stereocenters. The highest BCUT2D eigenvalue weighted by Crippen LogP contribution is 2.10. The minimum atomic E-state index is -0.153. The monoisotopic (exact) mass is 312 g/mol. The Morgan fingerprint density at radius 1 is 1.13 bits per heavy atom. The van der Waals surface area contributed by atoms with Crippen molar-refractivity contribution in [1.82, 2.24) is 15.3 Å². The first-order valence-electron chi connectivity index (χ1n) is 8.06. The Bertz CT molecular complexity index is 639. The number of carbonyl (C=O) groups is 1. The zero-order chi connectivity index (χ0) is 16.7. The van der Waals surface area contributed by atoms with Gasteiger partial charge in [0.25, 0.3) is 5.91 Å². The molecule has 1 aromatic heterocycles. The number of amides is 1. The molecule has 0 saturated heterocycles. The van der Waals surface area contributed by atoms with Gasteiger partial charge in [0.2, 0.25) is 5.95 Å². The van der Waals surface area contributed by atoms with Crippen LogP contribution in [0.1, 0.15) is 35.6 Å². The highest BCUT2D eigenvalue weighted by molar-refractivity contribution is 5.92. The van der Waals surface area contributed by atoms with Gasteiger partial charge in [-0.2, -0.15) is 0 Å². The lowest BCUT2D eigenvalue weighted by molar-refractivity contribution is 0.0949. The highest BCUT2D eigenvalue weighted by Gasteiger charge is 2.13. The van der Waals surface area contributed by atoms with Crippen LogP contribution in [0.25, 0.3) is 0 Å². The molecule has 1 N–H and O–H groups in total. The molecule has 0 unspecified atom stereocenters. The van der Waals surface area contributed by atoms with Crippen molar-refractivity contribution in [2.24, 2.45) is 0 Å². The molecule has 122 valence electrons. The number of aryl methyl sites for hydroxylation is 1. The Kier molecular flexibility index (Phi) is 6.09. The van der Waals surface area contributed by atoms with Crippen LogP contribution >= 0.6 is 0 Å². The summed E-state index contributed by atoms with van der Waals surface area (Å²) in [6.07, 6.45) is 0.805. The largest absolute Gasteiger partial charge is 0.350 e. The lowest BCUT2D eigenvalue weighted by Crippen LogP contribution is -2.29. The van der Waals surface area contributed by atoms with Crippen LogP contribution in [0, 0.1) is 6.92 Å². The van der Waals surface area contributed by atoms with Crippen LogP contribution in [0.4, 0.5) is 5.95 Å². The van der Waals surface area contributed by atoms with Crippen LogP contribution in [0.2, 0.25) is 0 Å². The molecule has 0 radical (unpaired) electrons. The van der Waals surface area contributed by atoms with E-state index in [1.807, 2.05) is 30.0 Å². The van der Waals surface area contributed by atoms with Crippen molar-refractivity contribution in [3.05, 3.63) is 53.3 Å². The van der Waals surface area contributed by atoms with Crippen LogP contribution in [-0.4, -0.2) is 35.5 Å². The molecule has 0 fully saturated rings. The average Bonchev–Trinajstić information content (AvgIpc) is 2.56. The smallest absolute Gasteiger partial charge is 0.270 e. The molecule has 23 heavy (non-hydrogen) atoms. The van der Waals surface area contributed by atoms with Gasteiger partial charge in [-0.1, -0.05) is 30.3 Å². The van der Waals surface area contributed by atoms with Gasteiger partial charge in [0.05, 0.1) is 0 Å². The number of hydrogen-bond acceptors (Lipinski definition) is 4. The van der Waals surface area contributed by atoms with E-state index < -0.39 is 0 Å². The summed E-state index contributed by atoms with van der Waals surface area (Å²) in [4.78, 5) is 23.2. The van der Waals surface area contributed by atoms with Gasteiger partial charge in [0.15, 0.2) is 0 Å². The molecule has 0 bridgehead atoms. The number of nitrogens with zero attached hydrogens (tertiary/aromatic N) is 3. The first-order chi connectivity index (χ1) is 11.1. The van der Waals surface area contributed by atoms with E-state index in [-0.39, 0.29) is 5.91 Å². The Hall–Kier alpha value is -2.43. The molecule has 0 aliphatic rings. The van der Waals surface area contributed by atoms with Gasteiger partial charge >= 0.3 is 0 Å². The van der Waals surface area contributed by atoms with Crippen LogP contribution in [0.15, 0.2) is 36.4 Å². The predicted octanol–water partition coefficient (Wildman–Crippen LogP) is 2.60. The summed E-state index contributed by atoms with van der Waals surface area (Å²) >= 11 is 0. The van der Waals surface area contributed by atoms with Gasteiger partial charge in [-0.15, -0.1) is 0 Å². The van der Waals surface area contributed by atoms with Crippen molar-refractivity contribution in [1.29, 1.82) is 0 Å². The molecule has 0 saturated carbocycles. The van der Waals surface area contributed by atoms with Crippen LogP contribution < -0.4 is 10.2 Å². The highest BCUT2D eigenvalue weighted by atomic mass is 16.1. The normalized spacial score (nSPS) is 10.4. The van der Waals surface area contributed by atoms with Gasteiger partial charge in [0, 0.05) is 25.3 Å². The fraction of sp³-hybridized carbons (Fsp3) is 0.389. The zero-order valence-electron chi connectivity index (χ0n) is 14.0. The third kappa shape index (κ3) is 4.77. The third-order valence-electron chi connectivity index (χ3n) is 3.66. The number of aromatic nitrogens is 2. The fourth-order valence-corrected chi connectivity index (χ4v) is 2.37. The maximum atomic E-state index is 12.3. The summed E-state index contributed by atoms with van der Waals surface area (Å²) in [5.74, 6) is 0.461. The van der Waals surface area contributed by atoms with Crippen LogP contribution in [0.5, 0.6) is 0 Å². The van der Waals surface area contributed by atoms with Gasteiger partial charge in [0.1, 0.15) is 5.69 Å². The molecule has 5 heteroatoms. The van der Waals surface area contributed by atoms with Gasteiger partial charge < -0.3 is 10.2 Å². The van der Waals surface area contributed by atoms with E-state index in [1.54, 1.807) is 6.07 Å². The second kappa shape index (κ2) is 8.27. The molecule has 2 rings (SSSR count). The summed E-state index contributed by atoms with van der Waals surface area (Å²) in [6, 6.07) is 11.8. The predicted molar refractivity (Wildman–Crippen MR) is 92.8 cm³/mol. The first kappa shape index (κ1) is 16.9. The summed E-state index contributed by atoms with van der Waals surface area (Å²) in [5.41, 5.74) is 2.43. The standard InChI is InChI=1S/C18H24N4O/c1-4-22(5-2)18-20-14(3)13-16(21-18)17(23)19-12-11-15-9-7-6-8-10-15/h6-10,13H,4-5,11-12H2,1-3H3,(H,19,23). The van der Waals surface area contributed by atoms with Crippen LogP contribution in [-0.2, 0) is 6.42 Å². The summed E-state index contributed by atoms with van der Waals surface area (Å²) < 4.78 is 0. The third-order valence-corrected chi connectivity index (χ3v) is 3.66. The van der Waals surface area contributed by atoms with Crippen molar-refractivity contribution < 1.29 is 4.79 Å². The quantitative estimate of drug-likeness (QED) is 0.854. The van der Waals surface area contributed by atoms with E-state index in [2.05, 4.69) is 41.3 Å². The van der Waals surface area contributed by atoms with Crippen molar-refractivity contribution in [3.63, 3.8) is 0 Å². The van der Waals surface area contributed by atoms with E-state index in [0.29, 0.717) is 18.2 Å². The van der Waals surface area contributed by atoms with E-state index in [0.717, 1.165) is 25.2 Å². The minimum absolute atomic E-state index is 0.153. The molecule has 0 aliphatic carbocycles. The molecule has 0 aliphatic heterocycles. The van der Waals surface area contributed by atoms with Gasteiger partial charge in [-0.25, -0.2) is 9.97 Å². The number of hydrogen-bond donors (Lipinski definition) is 1. The maximum Gasteiger partial charge on any atom is 0.270 e. The van der Waals surface area contributed by atoms with Crippen LogP contribution in [0.3, 0.4) is 0 Å². The van der Waals surface area contributed by atoms with E-state index in [9.17, 15) is 4.79 Å². The fourth-order valence-electron chi connectivity index (χ4n) is 2.37. The zero-order valence-corrected chi connectivity index (χ0v) is 14.0. The second-order valence-corrected chi connectivity index (χ2v) is 5.36. The molecule has 2 aromatic rings. The molecule has 0 spiro atoms. The Morgan fingerprint density at radius 3 is 2.48 bits per heavy atom. The Morgan fingerprint density at radius 2 is 1.83 bits per heavy atom. The second-order valence-electron chi connectivity index (χ2n) is 5.36. The minimum Gasteiger partial charge on any atom is -0.350 e. The Labute approximate surface area is 137 Å². The summed E-state index contributed by atoms with van der Waals surface area (Å²) in [6.45, 7) is 8.20. The molecular weight excluding hydrogens is 288 g/mol. The average molecular weight is 312 g/mol. The topological polar surface area (TPSA) is 58.1 Å². The number of carbonyl (C=O) groups excluding carboxylic acids is 1. The molecule has 5 nitrogen and oxygen atoms in total. The first-order valence-corrected chi connectivity index (χ1v) is 8.06. The number of rotatable bonds is 7. The van der Waals surface area contributed by atoms with Crippen molar-refractivity contribution in [2.75, 3.05) is 24.5 Å². The van der Waals surface area contributed by atoms with Gasteiger partial charge in [-0.05, 0) is 38.8 Å². The van der Waals surface area contributed by atoms with E-state index >= 15 is 0 Å². The van der Waals surface area contributed by atoms with E-state index in [1.165, 1.54) is 5.56 Å². The van der Waals surface area contributed by atoms with E-state index in [4.69, 9.17) is 0 Å².